The predicted octanol–water partition coefficient (Wildman–Crippen LogP) is 4.91. The van der Waals surface area contributed by atoms with Crippen LogP contribution in [0.5, 0.6) is 11.5 Å². The van der Waals surface area contributed by atoms with Gasteiger partial charge in [-0.25, -0.2) is 4.79 Å². The summed E-state index contributed by atoms with van der Waals surface area (Å²) in [6.45, 7) is 3.57. The molecule has 0 atom stereocenters. The van der Waals surface area contributed by atoms with Gasteiger partial charge in [0.05, 0.1) is 17.3 Å². The Labute approximate surface area is 155 Å². The Kier molecular flexibility index (Phi) is 6.67. The van der Waals surface area contributed by atoms with Crippen molar-refractivity contribution in [2.75, 3.05) is 13.2 Å². The zero-order chi connectivity index (χ0) is 18.4. The molecule has 0 aliphatic carbocycles. The zero-order valence-electron chi connectivity index (χ0n) is 13.8. The molecule has 0 aromatic heterocycles. The minimum Gasteiger partial charge on any atom is -0.490 e. The van der Waals surface area contributed by atoms with Gasteiger partial charge in [0.2, 0.25) is 0 Å². The van der Waals surface area contributed by atoms with Crippen LogP contribution in [0.1, 0.15) is 18.1 Å². The van der Waals surface area contributed by atoms with Crippen molar-refractivity contribution in [2.45, 2.75) is 13.8 Å². The average molecular weight is 382 g/mol. The number of carboxylic acid groups (broad SMARTS) is 1. The normalized spacial score (nSPS) is 10.9. The second-order valence-electron chi connectivity index (χ2n) is 5.09. The van der Waals surface area contributed by atoms with Gasteiger partial charge in [0.25, 0.3) is 0 Å². The van der Waals surface area contributed by atoms with Crippen molar-refractivity contribution in [1.82, 2.24) is 0 Å². The molecule has 0 aliphatic heterocycles. The molecular formula is C18H17Cl2NO4. The summed E-state index contributed by atoms with van der Waals surface area (Å²) in [5, 5.41) is 9.64. The molecule has 0 heterocycles. The fourth-order valence-electron chi connectivity index (χ4n) is 2.08. The van der Waals surface area contributed by atoms with Gasteiger partial charge in [-0.2, -0.15) is 0 Å². The number of aliphatic carboxylic acids is 1. The summed E-state index contributed by atoms with van der Waals surface area (Å²) in [5.41, 5.74) is 2.31. The maximum Gasteiger partial charge on any atom is 0.341 e. The van der Waals surface area contributed by atoms with Crippen molar-refractivity contribution in [3.05, 3.63) is 51.5 Å². The molecule has 0 radical (unpaired) electrons. The molecule has 0 spiro atoms. The Balaban J connectivity index is 2.33. The van der Waals surface area contributed by atoms with Crippen LogP contribution in [0.4, 0.5) is 5.69 Å². The van der Waals surface area contributed by atoms with Crippen LogP contribution in [0.15, 0.2) is 35.3 Å². The summed E-state index contributed by atoms with van der Waals surface area (Å²) in [6, 6.07) is 8.80. The number of benzene rings is 2. The maximum atomic E-state index is 10.7. The van der Waals surface area contributed by atoms with Crippen LogP contribution < -0.4 is 9.47 Å². The number of halogens is 2. The van der Waals surface area contributed by atoms with Crippen molar-refractivity contribution >= 4 is 41.1 Å². The van der Waals surface area contributed by atoms with Crippen LogP contribution in [-0.2, 0) is 4.79 Å². The van der Waals surface area contributed by atoms with Crippen LogP contribution in [0.3, 0.4) is 0 Å². The van der Waals surface area contributed by atoms with Gasteiger partial charge in [0, 0.05) is 11.2 Å². The van der Waals surface area contributed by atoms with Gasteiger partial charge < -0.3 is 14.6 Å². The topological polar surface area (TPSA) is 68.1 Å². The SMILES string of the molecule is CCOc1cc(C=Nc2cccc(Cl)c2C)cc(Cl)c1OCC(=O)O. The van der Waals surface area contributed by atoms with E-state index in [0.29, 0.717) is 22.9 Å². The first-order valence-electron chi connectivity index (χ1n) is 7.52. The Bertz CT molecular complexity index is 806. The summed E-state index contributed by atoms with van der Waals surface area (Å²) >= 11 is 12.3. The van der Waals surface area contributed by atoms with Crippen molar-refractivity contribution in [3.8, 4) is 11.5 Å². The fraction of sp³-hybridized carbons (Fsp3) is 0.222. The number of nitrogens with zero attached hydrogens (tertiary/aromatic N) is 1. The number of aliphatic imine (C=N–C) groups is 1. The molecule has 0 saturated heterocycles. The second kappa shape index (κ2) is 8.74. The number of rotatable bonds is 7. The third-order valence-electron chi connectivity index (χ3n) is 3.26. The minimum atomic E-state index is -1.10. The van der Waals surface area contributed by atoms with Gasteiger partial charge in [-0.3, -0.25) is 4.99 Å². The van der Waals surface area contributed by atoms with Gasteiger partial charge in [-0.05, 0) is 49.2 Å². The van der Waals surface area contributed by atoms with Crippen LogP contribution in [-0.4, -0.2) is 30.5 Å². The number of carbonyl (C=O) groups is 1. The van der Waals surface area contributed by atoms with Crippen molar-refractivity contribution in [1.29, 1.82) is 0 Å². The largest absolute Gasteiger partial charge is 0.490 e. The molecule has 0 bridgehead atoms. The van der Waals surface area contributed by atoms with E-state index in [1.165, 1.54) is 0 Å². The summed E-state index contributed by atoms with van der Waals surface area (Å²) in [4.78, 5) is 15.1. The number of hydrogen-bond acceptors (Lipinski definition) is 4. The Hall–Kier alpha value is -2.24. The van der Waals surface area contributed by atoms with E-state index in [4.69, 9.17) is 37.8 Å². The van der Waals surface area contributed by atoms with Gasteiger partial charge in [0.1, 0.15) is 0 Å². The van der Waals surface area contributed by atoms with Crippen LogP contribution in [0.2, 0.25) is 10.0 Å². The summed E-state index contributed by atoms with van der Waals surface area (Å²) in [7, 11) is 0. The van der Waals surface area contributed by atoms with E-state index in [1.54, 1.807) is 24.4 Å². The third kappa shape index (κ3) is 5.11. The lowest BCUT2D eigenvalue weighted by molar-refractivity contribution is -0.139. The molecule has 0 fully saturated rings. The van der Waals surface area contributed by atoms with Crippen molar-refractivity contribution in [2.24, 2.45) is 4.99 Å². The van der Waals surface area contributed by atoms with Gasteiger partial charge >= 0.3 is 5.97 Å². The molecule has 0 unspecified atom stereocenters. The molecule has 132 valence electrons. The van der Waals surface area contributed by atoms with Crippen LogP contribution in [0, 0.1) is 6.92 Å². The van der Waals surface area contributed by atoms with Crippen LogP contribution >= 0.6 is 23.2 Å². The molecule has 2 rings (SSSR count). The van der Waals surface area contributed by atoms with Crippen molar-refractivity contribution < 1.29 is 19.4 Å². The second-order valence-corrected chi connectivity index (χ2v) is 5.90. The monoisotopic (exact) mass is 381 g/mol. The molecule has 25 heavy (non-hydrogen) atoms. The summed E-state index contributed by atoms with van der Waals surface area (Å²) in [5.74, 6) is -0.539. The van der Waals surface area contributed by atoms with E-state index in [1.807, 2.05) is 26.0 Å². The molecule has 1 N–H and O–H groups in total. The smallest absolute Gasteiger partial charge is 0.341 e. The van der Waals surface area contributed by atoms with E-state index in [2.05, 4.69) is 4.99 Å². The zero-order valence-corrected chi connectivity index (χ0v) is 15.3. The molecule has 0 amide bonds. The summed E-state index contributed by atoms with van der Waals surface area (Å²) < 4.78 is 10.7. The number of hydrogen-bond donors (Lipinski definition) is 1. The van der Waals surface area contributed by atoms with E-state index in [9.17, 15) is 4.79 Å². The molecule has 7 heteroatoms. The van der Waals surface area contributed by atoms with E-state index in [0.717, 1.165) is 11.3 Å². The molecule has 0 aliphatic rings. The highest BCUT2D eigenvalue weighted by Gasteiger charge is 2.13. The minimum absolute atomic E-state index is 0.196. The quantitative estimate of drug-likeness (QED) is 0.691. The van der Waals surface area contributed by atoms with E-state index >= 15 is 0 Å². The molecule has 2 aromatic carbocycles. The van der Waals surface area contributed by atoms with Gasteiger partial charge in [-0.1, -0.05) is 29.3 Å². The first-order chi connectivity index (χ1) is 11.9. The average Bonchev–Trinajstić information content (AvgIpc) is 2.55. The summed E-state index contributed by atoms with van der Waals surface area (Å²) in [6.07, 6.45) is 1.63. The number of ether oxygens (including phenoxy) is 2. The Morgan fingerprint density at radius 1 is 1.24 bits per heavy atom. The highest BCUT2D eigenvalue weighted by molar-refractivity contribution is 6.32. The van der Waals surface area contributed by atoms with Gasteiger partial charge in [-0.15, -0.1) is 0 Å². The molecule has 5 nitrogen and oxygen atoms in total. The predicted molar refractivity (Wildman–Crippen MR) is 99.2 cm³/mol. The standard InChI is InChI=1S/C18H17Cl2NO4/c1-3-24-16-8-12(7-14(20)18(16)25-10-17(22)23)9-21-15-6-4-5-13(19)11(15)2/h4-9H,3,10H2,1-2H3,(H,22,23). The maximum absolute atomic E-state index is 10.7. The third-order valence-corrected chi connectivity index (χ3v) is 3.95. The first-order valence-corrected chi connectivity index (χ1v) is 8.28. The van der Waals surface area contributed by atoms with E-state index in [-0.39, 0.29) is 10.8 Å². The highest BCUT2D eigenvalue weighted by atomic mass is 35.5. The molecule has 2 aromatic rings. The highest BCUT2D eigenvalue weighted by Crippen LogP contribution is 2.36. The Morgan fingerprint density at radius 3 is 2.68 bits per heavy atom. The first kappa shape index (κ1) is 19.1. The van der Waals surface area contributed by atoms with Crippen molar-refractivity contribution in [3.63, 3.8) is 0 Å². The lowest BCUT2D eigenvalue weighted by Gasteiger charge is -2.13. The number of carboxylic acids is 1. The molecular weight excluding hydrogens is 365 g/mol. The Morgan fingerprint density at radius 2 is 2.00 bits per heavy atom. The van der Waals surface area contributed by atoms with Gasteiger partial charge in [0.15, 0.2) is 18.1 Å². The molecule has 0 saturated carbocycles. The lowest BCUT2D eigenvalue weighted by atomic mass is 10.2. The fourth-order valence-corrected chi connectivity index (χ4v) is 2.52. The lowest BCUT2D eigenvalue weighted by Crippen LogP contribution is -2.11. The van der Waals surface area contributed by atoms with Crippen LogP contribution in [0.25, 0.3) is 0 Å². The van der Waals surface area contributed by atoms with E-state index < -0.39 is 12.6 Å².